The van der Waals surface area contributed by atoms with Crippen LogP contribution < -0.4 is 10.5 Å². The fourth-order valence-electron chi connectivity index (χ4n) is 3.63. The summed E-state index contributed by atoms with van der Waals surface area (Å²) in [5.41, 5.74) is 7.56. The largest absolute Gasteiger partial charge is 0.488 e. The molecule has 20 heavy (non-hydrogen) atoms. The third-order valence-corrected chi connectivity index (χ3v) is 4.82. The second-order valence-electron chi connectivity index (χ2n) is 6.14. The monoisotopic (exact) mass is 275 g/mol. The molecule has 1 unspecified atom stereocenters. The van der Waals surface area contributed by atoms with Gasteiger partial charge in [0.1, 0.15) is 11.9 Å². The van der Waals surface area contributed by atoms with Crippen LogP contribution in [0.4, 0.5) is 0 Å². The molecule has 0 radical (unpaired) electrons. The smallest absolute Gasteiger partial charge is 0.123 e. The van der Waals surface area contributed by atoms with Crippen molar-refractivity contribution < 1.29 is 9.47 Å². The molecule has 0 spiro atoms. The van der Waals surface area contributed by atoms with Crippen molar-refractivity contribution in [2.45, 2.75) is 50.0 Å². The van der Waals surface area contributed by atoms with E-state index in [-0.39, 0.29) is 11.5 Å². The van der Waals surface area contributed by atoms with Crippen LogP contribution in [0.5, 0.6) is 5.75 Å². The Morgan fingerprint density at radius 3 is 2.70 bits per heavy atom. The molecular formula is C17H25NO2. The van der Waals surface area contributed by atoms with E-state index < -0.39 is 0 Å². The zero-order valence-electron chi connectivity index (χ0n) is 12.1. The Hall–Kier alpha value is -1.06. The minimum atomic E-state index is 0.131. The van der Waals surface area contributed by atoms with Crippen molar-refractivity contribution in [2.75, 3.05) is 19.8 Å². The molecule has 3 heteroatoms. The molecule has 2 N–H and O–H groups in total. The average Bonchev–Trinajstić information content (AvgIpc) is 2.99. The third kappa shape index (κ3) is 2.70. The number of para-hydroxylation sites is 1. The van der Waals surface area contributed by atoms with Crippen LogP contribution in [0.2, 0.25) is 0 Å². The molecule has 0 bridgehead atoms. The Balaban J connectivity index is 1.83. The minimum Gasteiger partial charge on any atom is -0.488 e. The molecule has 1 saturated carbocycles. The van der Waals surface area contributed by atoms with Crippen LogP contribution in [0.1, 0.15) is 44.1 Å². The Bertz CT molecular complexity index is 434. The molecule has 1 heterocycles. The van der Waals surface area contributed by atoms with E-state index in [0.29, 0.717) is 13.2 Å². The van der Waals surface area contributed by atoms with Crippen LogP contribution in [0.3, 0.4) is 0 Å². The summed E-state index contributed by atoms with van der Waals surface area (Å²) >= 11 is 0. The molecule has 1 aromatic rings. The maximum atomic E-state index is 6.25. The Morgan fingerprint density at radius 1 is 1.20 bits per heavy atom. The van der Waals surface area contributed by atoms with Crippen LogP contribution >= 0.6 is 0 Å². The second-order valence-corrected chi connectivity index (χ2v) is 6.14. The fourth-order valence-corrected chi connectivity index (χ4v) is 3.63. The van der Waals surface area contributed by atoms with E-state index in [4.69, 9.17) is 15.2 Å². The highest BCUT2D eigenvalue weighted by Crippen LogP contribution is 2.44. The van der Waals surface area contributed by atoms with Crippen molar-refractivity contribution in [1.29, 1.82) is 0 Å². The van der Waals surface area contributed by atoms with Crippen LogP contribution in [-0.2, 0) is 10.2 Å². The third-order valence-electron chi connectivity index (χ3n) is 4.82. The molecule has 110 valence electrons. The molecule has 1 atom stereocenters. The highest BCUT2D eigenvalue weighted by atomic mass is 16.5. The van der Waals surface area contributed by atoms with Crippen molar-refractivity contribution in [2.24, 2.45) is 5.73 Å². The summed E-state index contributed by atoms with van der Waals surface area (Å²) in [5.74, 6) is 1.02. The predicted octanol–water partition coefficient (Wildman–Crippen LogP) is 3.01. The lowest BCUT2D eigenvalue weighted by atomic mass is 9.78. The van der Waals surface area contributed by atoms with Crippen LogP contribution in [-0.4, -0.2) is 25.9 Å². The van der Waals surface area contributed by atoms with Gasteiger partial charge in [0.15, 0.2) is 0 Å². The molecule has 1 aliphatic heterocycles. The zero-order chi connectivity index (χ0) is 13.8. The topological polar surface area (TPSA) is 44.5 Å². The maximum absolute atomic E-state index is 6.25. The molecule has 2 fully saturated rings. The quantitative estimate of drug-likeness (QED) is 0.918. The van der Waals surface area contributed by atoms with E-state index in [1.165, 1.54) is 31.2 Å². The number of ether oxygens (including phenoxy) is 2. The van der Waals surface area contributed by atoms with Gasteiger partial charge in [0.05, 0.1) is 6.61 Å². The normalized spacial score (nSPS) is 25.6. The van der Waals surface area contributed by atoms with E-state index in [1.54, 1.807) is 0 Å². The van der Waals surface area contributed by atoms with Gasteiger partial charge >= 0.3 is 0 Å². The van der Waals surface area contributed by atoms with E-state index >= 15 is 0 Å². The van der Waals surface area contributed by atoms with E-state index in [9.17, 15) is 0 Å². The molecule has 3 rings (SSSR count). The lowest BCUT2D eigenvalue weighted by Gasteiger charge is -2.32. The first-order valence-electron chi connectivity index (χ1n) is 7.88. The first-order chi connectivity index (χ1) is 9.84. The summed E-state index contributed by atoms with van der Waals surface area (Å²) in [6.07, 6.45) is 7.30. The number of hydrogen-bond acceptors (Lipinski definition) is 3. The average molecular weight is 275 g/mol. The summed E-state index contributed by atoms with van der Waals surface area (Å²) in [7, 11) is 0. The number of rotatable bonds is 4. The van der Waals surface area contributed by atoms with Gasteiger partial charge in [-0.1, -0.05) is 31.0 Å². The highest BCUT2D eigenvalue weighted by molar-refractivity contribution is 5.41. The Labute approximate surface area is 121 Å². The molecular weight excluding hydrogens is 250 g/mol. The van der Waals surface area contributed by atoms with Gasteiger partial charge in [-0.15, -0.1) is 0 Å². The Morgan fingerprint density at radius 2 is 2.00 bits per heavy atom. The number of benzene rings is 1. The van der Waals surface area contributed by atoms with E-state index in [2.05, 4.69) is 24.3 Å². The van der Waals surface area contributed by atoms with Crippen molar-refractivity contribution in [1.82, 2.24) is 0 Å². The van der Waals surface area contributed by atoms with Crippen molar-refractivity contribution in [3.05, 3.63) is 29.8 Å². The van der Waals surface area contributed by atoms with E-state index in [1.807, 2.05) is 0 Å². The molecule has 3 nitrogen and oxygen atoms in total. The van der Waals surface area contributed by atoms with Gasteiger partial charge < -0.3 is 15.2 Å². The van der Waals surface area contributed by atoms with Crippen molar-refractivity contribution in [3.8, 4) is 5.75 Å². The SMILES string of the molecule is NCC1(c2ccccc2OC2CCCOC2)CCCC1. The standard InChI is InChI=1S/C17H25NO2/c18-13-17(9-3-4-10-17)15-7-1-2-8-16(15)20-14-6-5-11-19-12-14/h1-2,7-8,14H,3-6,9-13,18H2. The maximum Gasteiger partial charge on any atom is 0.123 e. The number of hydrogen-bond donors (Lipinski definition) is 1. The lowest BCUT2D eigenvalue weighted by molar-refractivity contribution is 0.00658. The van der Waals surface area contributed by atoms with Crippen LogP contribution in [0, 0.1) is 0 Å². The summed E-state index contributed by atoms with van der Waals surface area (Å²) < 4.78 is 11.8. The molecule has 1 aliphatic carbocycles. The molecule has 2 aliphatic rings. The van der Waals surface area contributed by atoms with Gasteiger partial charge in [-0.2, -0.15) is 0 Å². The molecule has 1 aromatic carbocycles. The van der Waals surface area contributed by atoms with Crippen molar-refractivity contribution >= 4 is 0 Å². The van der Waals surface area contributed by atoms with Gasteiger partial charge in [-0.25, -0.2) is 0 Å². The van der Waals surface area contributed by atoms with E-state index in [0.717, 1.165) is 25.2 Å². The van der Waals surface area contributed by atoms with Gasteiger partial charge in [0, 0.05) is 24.1 Å². The lowest BCUT2D eigenvalue weighted by Crippen LogP contribution is -2.34. The second kappa shape index (κ2) is 6.15. The summed E-state index contributed by atoms with van der Waals surface area (Å²) in [4.78, 5) is 0. The first-order valence-corrected chi connectivity index (χ1v) is 7.88. The predicted molar refractivity (Wildman–Crippen MR) is 80.1 cm³/mol. The minimum absolute atomic E-state index is 0.131. The zero-order valence-corrected chi connectivity index (χ0v) is 12.1. The Kier molecular flexibility index (Phi) is 4.27. The highest BCUT2D eigenvalue weighted by Gasteiger charge is 2.36. The van der Waals surface area contributed by atoms with Crippen LogP contribution in [0.25, 0.3) is 0 Å². The number of nitrogens with two attached hydrogens (primary N) is 1. The molecule has 0 amide bonds. The van der Waals surface area contributed by atoms with Gasteiger partial charge in [-0.05, 0) is 31.7 Å². The summed E-state index contributed by atoms with van der Waals surface area (Å²) in [6, 6.07) is 8.47. The van der Waals surface area contributed by atoms with Gasteiger partial charge in [0.2, 0.25) is 0 Å². The van der Waals surface area contributed by atoms with Gasteiger partial charge in [0.25, 0.3) is 0 Å². The molecule has 1 saturated heterocycles. The fraction of sp³-hybridized carbons (Fsp3) is 0.647. The van der Waals surface area contributed by atoms with Crippen LogP contribution in [0.15, 0.2) is 24.3 Å². The summed E-state index contributed by atoms with van der Waals surface area (Å²) in [5, 5.41) is 0. The molecule has 0 aromatic heterocycles. The summed E-state index contributed by atoms with van der Waals surface area (Å²) in [6.45, 7) is 2.30. The van der Waals surface area contributed by atoms with Gasteiger partial charge in [-0.3, -0.25) is 0 Å². The first kappa shape index (κ1) is 13.9. The van der Waals surface area contributed by atoms with Crippen molar-refractivity contribution in [3.63, 3.8) is 0 Å².